The fourth-order valence-corrected chi connectivity index (χ4v) is 3.55. The van der Waals surface area contributed by atoms with Gasteiger partial charge in [0.1, 0.15) is 5.82 Å². The molecule has 1 aromatic heterocycles. The number of aryl methyl sites for hydroxylation is 1. The average molecular weight is 277 g/mol. The standard InChI is InChI=1S/C15H23N3S/c1-11-10-19-8-7-18(11)15-6-3-13(12(2)17-15)9-16-14-4-5-14/h3,6,11,14,16H,4-5,7-10H2,1-2H3. The molecule has 0 aromatic carbocycles. The molecule has 1 aromatic rings. The van der Waals surface area contributed by atoms with Crippen molar-refractivity contribution in [1.82, 2.24) is 10.3 Å². The molecule has 1 aliphatic heterocycles. The Labute approximate surface area is 120 Å². The molecular weight excluding hydrogens is 254 g/mol. The van der Waals surface area contributed by atoms with Gasteiger partial charge in [0, 0.05) is 42.4 Å². The molecule has 1 N–H and O–H groups in total. The molecule has 1 saturated heterocycles. The van der Waals surface area contributed by atoms with Crippen molar-refractivity contribution >= 4 is 17.6 Å². The van der Waals surface area contributed by atoms with E-state index in [0.717, 1.165) is 24.9 Å². The molecular formula is C15H23N3S. The third kappa shape index (κ3) is 3.23. The molecule has 0 amide bonds. The minimum absolute atomic E-state index is 0.598. The second kappa shape index (κ2) is 5.71. The first kappa shape index (κ1) is 13.3. The number of anilines is 1. The van der Waals surface area contributed by atoms with Crippen LogP contribution in [0.1, 0.15) is 31.0 Å². The van der Waals surface area contributed by atoms with E-state index < -0.39 is 0 Å². The smallest absolute Gasteiger partial charge is 0.129 e. The van der Waals surface area contributed by atoms with Gasteiger partial charge in [-0.15, -0.1) is 0 Å². The van der Waals surface area contributed by atoms with E-state index >= 15 is 0 Å². The van der Waals surface area contributed by atoms with E-state index in [9.17, 15) is 0 Å². The van der Waals surface area contributed by atoms with Crippen molar-refractivity contribution < 1.29 is 0 Å². The first-order valence-electron chi connectivity index (χ1n) is 7.28. The number of nitrogens with one attached hydrogen (secondary N) is 1. The second-order valence-electron chi connectivity index (χ2n) is 5.69. The van der Waals surface area contributed by atoms with E-state index in [2.05, 4.69) is 36.2 Å². The van der Waals surface area contributed by atoms with Gasteiger partial charge in [-0.05, 0) is 38.3 Å². The minimum Gasteiger partial charge on any atom is -0.352 e. The average Bonchev–Trinajstić information content (AvgIpc) is 3.22. The monoisotopic (exact) mass is 277 g/mol. The molecule has 19 heavy (non-hydrogen) atoms. The third-order valence-corrected chi connectivity index (χ3v) is 5.19. The van der Waals surface area contributed by atoms with Crippen molar-refractivity contribution in [3.8, 4) is 0 Å². The molecule has 2 heterocycles. The van der Waals surface area contributed by atoms with Gasteiger partial charge in [0.25, 0.3) is 0 Å². The van der Waals surface area contributed by atoms with Gasteiger partial charge in [-0.2, -0.15) is 11.8 Å². The number of pyridine rings is 1. The van der Waals surface area contributed by atoms with Crippen molar-refractivity contribution in [1.29, 1.82) is 0 Å². The number of hydrogen-bond acceptors (Lipinski definition) is 4. The Morgan fingerprint density at radius 2 is 2.26 bits per heavy atom. The molecule has 2 aliphatic rings. The van der Waals surface area contributed by atoms with Crippen LogP contribution in [-0.4, -0.2) is 35.1 Å². The fraction of sp³-hybridized carbons (Fsp3) is 0.667. The van der Waals surface area contributed by atoms with Crippen LogP contribution in [0.2, 0.25) is 0 Å². The zero-order valence-corrected chi connectivity index (χ0v) is 12.7. The van der Waals surface area contributed by atoms with Crippen LogP contribution in [0.5, 0.6) is 0 Å². The Bertz CT molecular complexity index is 445. The van der Waals surface area contributed by atoms with Crippen molar-refractivity contribution in [3.63, 3.8) is 0 Å². The number of thioether (sulfide) groups is 1. The maximum atomic E-state index is 4.82. The minimum atomic E-state index is 0.598. The van der Waals surface area contributed by atoms with Crippen LogP contribution in [0.15, 0.2) is 12.1 Å². The van der Waals surface area contributed by atoms with Gasteiger partial charge in [-0.1, -0.05) is 6.07 Å². The summed E-state index contributed by atoms with van der Waals surface area (Å²) in [4.78, 5) is 7.27. The summed E-state index contributed by atoms with van der Waals surface area (Å²) in [6.07, 6.45) is 2.68. The van der Waals surface area contributed by atoms with E-state index in [0.29, 0.717) is 6.04 Å². The van der Waals surface area contributed by atoms with Crippen LogP contribution in [0.25, 0.3) is 0 Å². The summed E-state index contributed by atoms with van der Waals surface area (Å²) in [6.45, 7) is 6.52. The van der Waals surface area contributed by atoms with Gasteiger partial charge in [0.05, 0.1) is 0 Å². The quantitative estimate of drug-likeness (QED) is 0.915. The van der Waals surface area contributed by atoms with Gasteiger partial charge in [0.15, 0.2) is 0 Å². The topological polar surface area (TPSA) is 28.2 Å². The van der Waals surface area contributed by atoms with Crippen molar-refractivity contribution in [2.45, 2.75) is 45.3 Å². The Hall–Kier alpha value is -0.740. The molecule has 0 radical (unpaired) electrons. The van der Waals surface area contributed by atoms with Gasteiger partial charge >= 0.3 is 0 Å². The predicted octanol–water partition coefficient (Wildman–Crippen LogP) is 2.58. The fourth-order valence-electron chi connectivity index (χ4n) is 2.53. The highest BCUT2D eigenvalue weighted by molar-refractivity contribution is 7.99. The molecule has 104 valence electrons. The van der Waals surface area contributed by atoms with Crippen LogP contribution >= 0.6 is 11.8 Å². The van der Waals surface area contributed by atoms with Crippen LogP contribution in [-0.2, 0) is 6.54 Å². The summed E-state index contributed by atoms with van der Waals surface area (Å²) >= 11 is 2.05. The van der Waals surface area contributed by atoms with Gasteiger partial charge in [0.2, 0.25) is 0 Å². The normalized spacial score (nSPS) is 23.7. The number of aromatic nitrogens is 1. The van der Waals surface area contributed by atoms with Crippen LogP contribution in [0, 0.1) is 6.92 Å². The van der Waals surface area contributed by atoms with Gasteiger partial charge < -0.3 is 10.2 Å². The van der Waals surface area contributed by atoms with E-state index in [1.165, 1.54) is 35.6 Å². The molecule has 1 atom stereocenters. The molecule has 1 unspecified atom stereocenters. The zero-order chi connectivity index (χ0) is 13.2. The molecule has 0 spiro atoms. The SMILES string of the molecule is Cc1nc(N2CCSCC2C)ccc1CNC1CC1. The molecule has 4 heteroatoms. The van der Waals surface area contributed by atoms with Crippen LogP contribution in [0.3, 0.4) is 0 Å². The third-order valence-electron chi connectivity index (χ3n) is 4.00. The lowest BCUT2D eigenvalue weighted by Crippen LogP contribution is -2.41. The lowest BCUT2D eigenvalue weighted by Gasteiger charge is -2.34. The predicted molar refractivity (Wildman–Crippen MR) is 83.0 cm³/mol. The number of nitrogens with zero attached hydrogens (tertiary/aromatic N) is 2. The summed E-state index contributed by atoms with van der Waals surface area (Å²) in [5.74, 6) is 3.59. The van der Waals surface area contributed by atoms with Crippen molar-refractivity contribution in [2.24, 2.45) is 0 Å². The van der Waals surface area contributed by atoms with Crippen LogP contribution in [0.4, 0.5) is 5.82 Å². The largest absolute Gasteiger partial charge is 0.352 e. The maximum absolute atomic E-state index is 4.82. The molecule has 1 aliphatic carbocycles. The number of hydrogen-bond donors (Lipinski definition) is 1. The van der Waals surface area contributed by atoms with E-state index in [1.807, 2.05) is 11.8 Å². The van der Waals surface area contributed by atoms with E-state index in [-0.39, 0.29) is 0 Å². The van der Waals surface area contributed by atoms with Gasteiger partial charge in [-0.3, -0.25) is 0 Å². The lowest BCUT2D eigenvalue weighted by molar-refractivity contribution is 0.673. The summed E-state index contributed by atoms with van der Waals surface area (Å²) in [6, 6.07) is 5.81. The highest BCUT2D eigenvalue weighted by Gasteiger charge is 2.22. The Kier molecular flexibility index (Phi) is 3.99. The van der Waals surface area contributed by atoms with Crippen LogP contribution < -0.4 is 10.2 Å². The molecule has 3 rings (SSSR count). The molecule has 1 saturated carbocycles. The van der Waals surface area contributed by atoms with Gasteiger partial charge in [-0.25, -0.2) is 4.98 Å². The summed E-state index contributed by atoms with van der Waals surface area (Å²) in [5, 5.41) is 3.56. The zero-order valence-electron chi connectivity index (χ0n) is 11.9. The Morgan fingerprint density at radius 1 is 1.42 bits per heavy atom. The first-order chi connectivity index (χ1) is 9.24. The Morgan fingerprint density at radius 3 is 2.95 bits per heavy atom. The summed E-state index contributed by atoms with van der Waals surface area (Å²) in [7, 11) is 0. The van der Waals surface area contributed by atoms with E-state index in [4.69, 9.17) is 4.98 Å². The Balaban J connectivity index is 1.70. The van der Waals surface area contributed by atoms with Crippen molar-refractivity contribution in [3.05, 3.63) is 23.4 Å². The lowest BCUT2D eigenvalue weighted by atomic mass is 10.2. The van der Waals surface area contributed by atoms with Crippen molar-refractivity contribution in [2.75, 3.05) is 23.0 Å². The number of rotatable bonds is 4. The first-order valence-corrected chi connectivity index (χ1v) is 8.44. The molecule has 2 fully saturated rings. The maximum Gasteiger partial charge on any atom is 0.129 e. The highest BCUT2D eigenvalue weighted by Crippen LogP contribution is 2.24. The summed E-state index contributed by atoms with van der Waals surface area (Å²) < 4.78 is 0. The molecule has 3 nitrogen and oxygen atoms in total. The highest BCUT2D eigenvalue weighted by atomic mass is 32.2. The second-order valence-corrected chi connectivity index (χ2v) is 6.84. The summed E-state index contributed by atoms with van der Waals surface area (Å²) in [5.41, 5.74) is 2.52. The van der Waals surface area contributed by atoms with E-state index in [1.54, 1.807) is 0 Å². The molecule has 0 bridgehead atoms.